The fraction of sp³-hybridized carbons (Fsp3) is 0.692. The van der Waals surface area contributed by atoms with Crippen LogP contribution in [-0.2, 0) is 4.74 Å². The lowest BCUT2D eigenvalue weighted by Gasteiger charge is -2.60. The molecule has 88 valence electrons. The van der Waals surface area contributed by atoms with Gasteiger partial charge in [0.2, 0.25) is 0 Å². The predicted octanol–water partition coefficient (Wildman–Crippen LogP) is 3.36. The first-order valence-electron chi connectivity index (χ1n) is 6.10. The second-order valence-electron chi connectivity index (χ2n) is 5.55. The number of hydrogen-bond acceptors (Lipinski definition) is 3. The molecule has 0 amide bonds. The fourth-order valence-electron chi connectivity index (χ4n) is 3.34. The highest BCUT2D eigenvalue weighted by atomic mass is 32.1. The molecule has 3 rings (SSSR count). The molecule has 2 nitrogen and oxygen atoms in total. The van der Waals surface area contributed by atoms with Gasteiger partial charge in [-0.15, -0.1) is 0 Å². The highest BCUT2D eigenvalue weighted by Gasteiger charge is 2.57. The van der Waals surface area contributed by atoms with Crippen molar-refractivity contribution in [2.45, 2.75) is 38.8 Å². The minimum atomic E-state index is 0.271. The number of ether oxygens (including phenoxy) is 1. The number of anilines is 1. The van der Waals surface area contributed by atoms with Crippen LogP contribution in [0.3, 0.4) is 0 Å². The topological polar surface area (TPSA) is 21.3 Å². The average molecular weight is 237 g/mol. The van der Waals surface area contributed by atoms with E-state index in [1.54, 1.807) is 11.3 Å². The van der Waals surface area contributed by atoms with E-state index in [1.165, 1.54) is 18.5 Å². The molecule has 1 saturated heterocycles. The highest BCUT2D eigenvalue weighted by Crippen LogP contribution is 2.52. The molecular weight excluding hydrogens is 218 g/mol. The van der Waals surface area contributed by atoms with Crippen molar-refractivity contribution in [3.8, 4) is 0 Å². The number of fused-ring (bicyclic) bond motifs is 1. The van der Waals surface area contributed by atoms with E-state index < -0.39 is 0 Å². The van der Waals surface area contributed by atoms with Crippen LogP contribution in [-0.4, -0.2) is 18.8 Å². The second-order valence-corrected chi connectivity index (χ2v) is 6.33. The van der Waals surface area contributed by atoms with Crippen molar-refractivity contribution in [2.24, 2.45) is 11.3 Å². The Morgan fingerprint density at radius 3 is 3.12 bits per heavy atom. The van der Waals surface area contributed by atoms with Gasteiger partial charge in [0.25, 0.3) is 0 Å². The number of hydrogen-bond donors (Lipinski definition) is 1. The quantitative estimate of drug-likeness (QED) is 0.851. The zero-order valence-corrected chi connectivity index (χ0v) is 10.7. The Balaban J connectivity index is 1.75. The average Bonchev–Trinajstić information content (AvgIpc) is 2.79. The number of nitrogens with one attached hydrogen (secondary N) is 1. The number of rotatable bonds is 2. The largest absolute Gasteiger partial charge is 0.381 e. The molecule has 2 heterocycles. The molecule has 3 atom stereocenters. The Morgan fingerprint density at radius 2 is 2.38 bits per heavy atom. The Labute approximate surface area is 101 Å². The summed E-state index contributed by atoms with van der Waals surface area (Å²) < 4.78 is 5.90. The van der Waals surface area contributed by atoms with Crippen molar-refractivity contribution in [3.05, 3.63) is 16.8 Å². The Kier molecular flexibility index (Phi) is 2.48. The van der Waals surface area contributed by atoms with Crippen LogP contribution in [0.5, 0.6) is 0 Å². The molecule has 1 saturated carbocycles. The van der Waals surface area contributed by atoms with Gasteiger partial charge >= 0.3 is 0 Å². The summed E-state index contributed by atoms with van der Waals surface area (Å²) in [6.07, 6.45) is 3.01. The third-order valence-corrected chi connectivity index (χ3v) is 4.86. The maximum Gasteiger partial charge on any atom is 0.0693 e. The summed E-state index contributed by atoms with van der Waals surface area (Å²) in [6, 6.07) is 2.74. The van der Waals surface area contributed by atoms with Gasteiger partial charge in [-0.25, -0.2) is 0 Å². The molecule has 1 N–H and O–H groups in total. The zero-order chi connectivity index (χ0) is 11.2. The molecule has 3 unspecified atom stereocenters. The molecule has 1 aromatic heterocycles. The summed E-state index contributed by atoms with van der Waals surface area (Å²) in [5.74, 6) is 0.712. The van der Waals surface area contributed by atoms with Crippen molar-refractivity contribution in [1.82, 2.24) is 0 Å². The molecule has 0 radical (unpaired) electrons. The first-order chi connectivity index (χ1) is 7.69. The predicted molar refractivity (Wildman–Crippen MR) is 68.0 cm³/mol. The van der Waals surface area contributed by atoms with Gasteiger partial charge in [0.05, 0.1) is 6.10 Å². The lowest BCUT2D eigenvalue weighted by atomic mass is 9.55. The molecular formula is C13H19NOS. The van der Waals surface area contributed by atoms with Gasteiger partial charge in [0.1, 0.15) is 0 Å². The van der Waals surface area contributed by atoms with Crippen molar-refractivity contribution < 1.29 is 4.74 Å². The SMILES string of the molecule is CC1(C)C(Nc2ccsc2)C2CCCOC21. The third kappa shape index (κ3) is 1.49. The summed E-state index contributed by atoms with van der Waals surface area (Å²) >= 11 is 1.75. The Bertz CT molecular complexity index is 360. The van der Waals surface area contributed by atoms with Crippen LogP contribution in [0.15, 0.2) is 16.8 Å². The monoisotopic (exact) mass is 237 g/mol. The smallest absolute Gasteiger partial charge is 0.0693 e. The molecule has 0 spiro atoms. The van der Waals surface area contributed by atoms with Gasteiger partial charge in [-0.2, -0.15) is 11.3 Å². The highest BCUT2D eigenvalue weighted by molar-refractivity contribution is 7.08. The second kappa shape index (κ2) is 3.74. The van der Waals surface area contributed by atoms with Gasteiger partial charge < -0.3 is 10.1 Å². The Hall–Kier alpha value is -0.540. The molecule has 16 heavy (non-hydrogen) atoms. The van der Waals surface area contributed by atoms with Crippen LogP contribution < -0.4 is 5.32 Å². The minimum Gasteiger partial charge on any atom is -0.381 e. The van der Waals surface area contributed by atoms with Crippen LogP contribution in [0.25, 0.3) is 0 Å². The molecule has 2 aliphatic rings. The third-order valence-electron chi connectivity index (χ3n) is 4.17. The van der Waals surface area contributed by atoms with Crippen molar-refractivity contribution in [3.63, 3.8) is 0 Å². The maximum atomic E-state index is 5.90. The molecule has 0 bridgehead atoms. The van der Waals surface area contributed by atoms with E-state index >= 15 is 0 Å². The lowest BCUT2D eigenvalue weighted by Crippen LogP contribution is -2.67. The van der Waals surface area contributed by atoms with Crippen LogP contribution in [0.2, 0.25) is 0 Å². The van der Waals surface area contributed by atoms with E-state index in [4.69, 9.17) is 4.74 Å². The van der Waals surface area contributed by atoms with Crippen molar-refractivity contribution in [2.75, 3.05) is 11.9 Å². The summed E-state index contributed by atoms with van der Waals surface area (Å²) in [5.41, 5.74) is 1.54. The van der Waals surface area contributed by atoms with E-state index in [9.17, 15) is 0 Å². The summed E-state index contributed by atoms with van der Waals surface area (Å²) in [5, 5.41) is 7.99. The molecule has 1 aromatic rings. The number of thiophene rings is 1. The maximum absolute atomic E-state index is 5.90. The van der Waals surface area contributed by atoms with Gasteiger partial charge in [-0.05, 0) is 24.3 Å². The van der Waals surface area contributed by atoms with Gasteiger partial charge in [0, 0.05) is 35.0 Å². The molecule has 1 aliphatic heterocycles. The summed E-state index contributed by atoms with van der Waals surface area (Å²) in [6.45, 7) is 5.60. The summed E-state index contributed by atoms with van der Waals surface area (Å²) in [4.78, 5) is 0. The first kappa shape index (κ1) is 10.6. The van der Waals surface area contributed by atoms with Gasteiger partial charge in [0.15, 0.2) is 0 Å². The molecule has 0 aromatic carbocycles. The van der Waals surface area contributed by atoms with E-state index in [1.807, 2.05) is 0 Å². The van der Waals surface area contributed by atoms with Crippen LogP contribution in [0.4, 0.5) is 5.69 Å². The van der Waals surface area contributed by atoms with Gasteiger partial charge in [-0.1, -0.05) is 13.8 Å². The minimum absolute atomic E-state index is 0.271. The van der Waals surface area contributed by atoms with E-state index in [2.05, 4.69) is 36.0 Å². The normalized spacial score (nSPS) is 36.2. The lowest BCUT2D eigenvalue weighted by molar-refractivity contribution is -0.177. The first-order valence-corrected chi connectivity index (χ1v) is 7.04. The van der Waals surface area contributed by atoms with Crippen molar-refractivity contribution >= 4 is 17.0 Å². The fourth-order valence-corrected chi connectivity index (χ4v) is 3.94. The van der Waals surface area contributed by atoms with Crippen LogP contribution in [0, 0.1) is 11.3 Å². The molecule has 2 fully saturated rings. The standard InChI is InChI=1S/C13H19NOS/c1-13(2)11(14-9-5-7-16-8-9)10-4-3-6-15-12(10)13/h5,7-8,10-12,14H,3-4,6H2,1-2H3. The zero-order valence-electron chi connectivity index (χ0n) is 9.90. The molecule has 3 heteroatoms. The van der Waals surface area contributed by atoms with E-state index in [-0.39, 0.29) is 5.41 Å². The van der Waals surface area contributed by atoms with Crippen LogP contribution >= 0.6 is 11.3 Å². The van der Waals surface area contributed by atoms with Gasteiger partial charge in [-0.3, -0.25) is 0 Å². The van der Waals surface area contributed by atoms with E-state index in [0.29, 0.717) is 18.1 Å². The Morgan fingerprint density at radius 1 is 1.50 bits per heavy atom. The summed E-state index contributed by atoms with van der Waals surface area (Å²) in [7, 11) is 0. The van der Waals surface area contributed by atoms with Crippen LogP contribution in [0.1, 0.15) is 26.7 Å². The molecule has 1 aliphatic carbocycles. The van der Waals surface area contributed by atoms with Crippen molar-refractivity contribution in [1.29, 1.82) is 0 Å². The van der Waals surface area contributed by atoms with E-state index in [0.717, 1.165) is 6.61 Å².